The summed E-state index contributed by atoms with van der Waals surface area (Å²) in [6, 6.07) is 0. The second-order valence-electron chi connectivity index (χ2n) is 6.90. The van der Waals surface area contributed by atoms with E-state index in [0.29, 0.717) is 0 Å². The van der Waals surface area contributed by atoms with Gasteiger partial charge in [0.15, 0.2) is 0 Å². The first-order chi connectivity index (χ1) is 9.22. The Bertz CT molecular complexity index is 243. The third-order valence-electron chi connectivity index (χ3n) is 5.75. The first-order valence-electron chi connectivity index (χ1n) is 8.67. The highest BCUT2D eigenvalue weighted by molar-refractivity contribution is 4.79. The molecule has 2 aliphatic heterocycles. The maximum absolute atomic E-state index is 2.76. The maximum Gasteiger partial charge on any atom is 0.00106 e. The second-order valence-corrected chi connectivity index (χ2v) is 6.90. The highest BCUT2D eigenvalue weighted by Gasteiger charge is 2.25. The maximum atomic E-state index is 2.76. The molecule has 0 spiro atoms. The molecule has 20 heavy (non-hydrogen) atoms. The Morgan fingerprint density at radius 3 is 1.95 bits per heavy atom. The van der Waals surface area contributed by atoms with Gasteiger partial charge in [-0.15, -0.1) is 0 Å². The van der Waals surface area contributed by atoms with Crippen LogP contribution in [0, 0.1) is 17.8 Å². The van der Waals surface area contributed by atoms with Crippen LogP contribution in [-0.2, 0) is 0 Å². The normalized spacial score (nSPS) is 25.4. The molecule has 2 heterocycles. The average Bonchev–Trinajstić information content (AvgIpc) is 2.48. The third-order valence-corrected chi connectivity index (χ3v) is 5.75. The molecule has 2 saturated heterocycles. The Kier molecular flexibility index (Phi) is 8.04. The Morgan fingerprint density at radius 2 is 1.45 bits per heavy atom. The Morgan fingerprint density at radius 1 is 0.900 bits per heavy atom. The standard InChI is InChI=1S/C17H34N2.FH/c1-4-15(3)17-8-12-19(13-9-17)14-16-6-10-18(5-2)11-7-16;/h15-17H,4-14H2,1-3H3;1H. The number of likely N-dealkylation sites (tertiary alicyclic amines) is 2. The van der Waals surface area contributed by atoms with Crippen LogP contribution in [0.5, 0.6) is 0 Å². The van der Waals surface area contributed by atoms with E-state index in [2.05, 4.69) is 30.6 Å². The van der Waals surface area contributed by atoms with Crippen molar-refractivity contribution in [1.82, 2.24) is 9.80 Å². The number of nitrogens with zero attached hydrogens (tertiary/aromatic N) is 2. The molecule has 0 aromatic rings. The van der Waals surface area contributed by atoms with Crippen molar-refractivity contribution in [3.8, 4) is 0 Å². The molecule has 1 atom stereocenters. The molecule has 2 fully saturated rings. The average molecular weight is 286 g/mol. The lowest BCUT2D eigenvalue weighted by atomic mass is 9.83. The van der Waals surface area contributed by atoms with Gasteiger partial charge in [-0.25, -0.2) is 0 Å². The van der Waals surface area contributed by atoms with Gasteiger partial charge in [-0.3, -0.25) is 4.70 Å². The van der Waals surface area contributed by atoms with Crippen molar-refractivity contribution < 1.29 is 4.70 Å². The van der Waals surface area contributed by atoms with Gasteiger partial charge in [0.25, 0.3) is 0 Å². The highest BCUT2D eigenvalue weighted by atomic mass is 19.0. The number of halogens is 1. The van der Waals surface area contributed by atoms with E-state index in [4.69, 9.17) is 0 Å². The quantitative estimate of drug-likeness (QED) is 0.761. The van der Waals surface area contributed by atoms with E-state index < -0.39 is 0 Å². The summed E-state index contributed by atoms with van der Waals surface area (Å²) in [7, 11) is 0. The summed E-state index contributed by atoms with van der Waals surface area (Å²) >= 11 is 0. The van der Waals surface area contributed by atoms with Gasteiger partial charge in [0, 0.05) is 6.54 Å². The van der Waals surface area contributed by atoms with Gasteiger partial charge in [0.05, 0.1) is 0 Å². The Labute approximate surface area is 125 Å². The molecule has 120 valence electrons. The van der Waals surface area contributed by atoms with Gasteiger partial charge in [0.2, 0.25) is 0 Å². The predicted molar refractivity (Wildman–Crippen MR) is 86.0 cm³/mol. The van der Waals surface area contributed by atoms with Crippen LogP contribution in [0.4, 0.5) is 4.70 Å². The van der Waals surface area contributed by atoms with E-state index in [1.54, 1.807) is 0 Å². The summed E-state index contributed by atoms with van der Waals surface area (Å²) < 4.78 is 0. The zero-order valence-electron chi connectivity index (χ0n) is 13.8. The van der Waals surface area contributed by atoms with E-state index in [1.165, 1.54) is 71.4 Å². The third kappa shape index (κ3) is 5.00. The van der Waals surface area contributed by atoms with Crippen molar-refractivity contribution in [1.29, 1.82) is 0 Å². The lowest BCUT2D eigenvalue weighted by Crippen LogP contribution is -2.42. The van der Waals surface area contributed by atoms with Gasteiger partial charge in [-0.05, 0) is 76.2 Å². The van der Waals surface area contributed by atoms with Crippen molar-refractivity contribution in [3.05, 3.63) is 0 Å². The summed E-state index contributed by atoms with van der Waals surface area (Å²) in [5.74, 6) is 2.92. The smallest absolute Gasteiger partial charge is 0.00106 e. The highest BCUT2D eigenvalue weighted by Crippen LogP contribution is 2.28. The van der Waals surface area contributed by atoms with Crippen LogP contribution in [0.15, 0.2) is 0 Å². The van der Waals surface area contributed by atoms with Crippen LogP contribution in [-0.4, -0.2) is 49.1 Å². The zero-order valence-corrected chi connectivity index (χ0v) is 13.8. The number of hydrogen-bond donors (Lipinski definition) is 0. The van der Waals surface area contributed by atoms with Crippen LogP contribution in [0.3, 0.4) is 0 Å². The summed E-state index contributed by atoms with van der Waals surface area (Å²) in [4.78, 5) is 5.36. The minimum atomic E-state index is 0. The van der Waals surface area contributed by atoms with E-state index in [9.17, 15) is 0 Å². The molecule has 0 bridgehead atoms. The van der Waals surface area contributed by atoms with Gasteiger partial charge < -0.3 is 9.80 Å². The molecule has 0 N–H and O–H groups in total. The molecule has 0 aromatic heterocycles. The van der Waals surface area contributed by atoms with Crippen LogP contribution >= 0.6 is 0 Å². The van der Waals surface area contributed by atoms with Crippen LogP contribution < -0.4 is 0 Å². The first kappa shape index (κ1) is 17.9. The largest absolute Gasteiger partial charge is 0.304 e. The van der Waals surface area contributed by atoms with Gasteiger partial charge in [-0.2, -0.15) is 0 Å². The predicted octanol–water partition coefficient (Wildman–Crippen LogP) is 3.63. The minimum Gasteiger partial charge on any atom is -0.304 e. The van der Waals surface area contributed by atoms with E-state index >= 15 is 0 Å². The second kappa shape index (κ2) is 8.99. The molecule has 0 amide bonds. The molecule has 2 aliphatic rings. The summed E-state index contributed by atoms with van der Waals surface area (Å²) in [5.41, 5.74) is 0. The number of rotatable bonds is 5. The molecule has 0 aromatic carbocycles. The van der Waals surface area contributed by atoms with Gasteiger partial charge in [0.1, 0.15) is 0 Å². The zero-order chi connectivity index (χ0) is 13.7. The molecule has 1 unspecified atom stereocenters. The van der Waals surface area contributed by atoms with Crippen molar-refractivity contribution in [2.24, 2.45) is 17.8 Å². The summed E-state index contributed by atoms with van der Waals surface area (Å²) in [6.07, 6.45) is 7.12. The molecular formula is C17H35FN2. The van der Waals surface area contributed by atoms with E-state index in [1.807, 2.05) is 0 Å². The SMILES string of the molecule is CCC(C)C1CCN(CC2CCN(CC)CC2)CC1.F. The van der Waals surface area contributed by atoms with Crippen molar-refractivity contribution in [3.63, 3.8) is 0 Å². The minimum absolute atomic E-state index is 0. The fraction of sp³-hybridized carbons (Fsp3) is 1.00. The number of hydrogen-bond acceptors (Lipinski definition) is 2. The van der Waals surface area contributed by atoms with Crippen LogP contribution in [0.2, 0.25) is 0 Å². The van der Waals surface area contributed by atoms with E-state index in [-0.39, 0.29) is 4.70 Å². The van der Waals surface area contributed by atoms with Crippen LogP contribution in [0.1, 0.15) is 52.9 Å². The Hall–Kier alpha value is -0.150. The lowest BCUT2D eigenvalue weighted by Gasteiger charge is -2.38. The summed E-state index contributed by atoms with van der Waals surface area (Å²) in [5, 5.41) is 0. The monoisotopic (exact) mass is 286 g/mol. The van der Waals surface area contributed by atoms with E-state index in [0.717, 1.165) is 17.8 Å². The van der Waals surface area contributed by atoms with Crippen molar-refractivity contribution in [2.45, 2.75) is 52.9 Å². The fourth-order valence-electron chi connectivity index (χ4n) is 3.89. The number of piperidine rings is 2. The van der Waals surface area contributed by atoms with Gasteiger partial charge in [-0.1, -0.05) is 27.2 Å². The molecule has 0 aliphatic carbocycles. The Balaban J connectivity index is 0.00000200. The lowest BCUT2D eigenvalue weighted by molar-refractivity contribution is 0.106. The fourth-order valence-corrected chi connectivity index (χ4v) is 3.89. The topological polar surface area (TPSA) is 6.48 Å². The molecular weight excluding hydrogens is 251 g/mol. The molecule has 3 heteroatoms. The van der Waals surface area contributed by atoms with Crippen LogP contribution in [0.25, 0.3) is 0 Å². The van der Waals surface area contributed by atoms with Crippen molar-refractivity contribution >= 4 is 0 Å². The molecule has 2 nitrogen and oxygen atoms in total. The molecule has 2 rings (SSSR count). The van der Waals surface area contributed by atoms with Crippen molar-refractivity contribution in [2.75, 3.05) is 39.3 Å². The summed E-state index contributed by atoms with van der Waals surface area (Å²) in [6.45, 7) is 15.1. The molecule has 0 saturated carbocycles. The van der Waals surface area contributed by atoms with Gasteiger partial charge >= 0.3 is 0 Å². The molecule has 0 radical (unpaired) electrons. The first-order valence-corrected chi connectivity index (χ1v) is 8.67.